The Bertz CT molecular complexity index is 683. The Labute approximate surface area is 147 Å². The summed E-state index contributed by atoms with van der Waals surface area (Å²) in [5.74, 6) is -0.384. The minimum absolute atomic E-state index is 0.0685. The van der Waals surface area contributed by atoms with Crippen LogP contribution in [0.1, 0.15) is 47.7 Å². The van der Waals surface area contributed by atoms with E-state index < -0.39 is 0 Å². The minimum atomic E-state index is -0.192. The van der Waals surface area contributed by atoms with E-state index in [0.29, 0.717) is 11.4 Å². The fourth-order valence-electron chi connectivity index (χ4n) is 3.21. The first-order chi connectivity index (χ1) is 12.0. The van der Waals surface area contributed by atoms with Crippen LogP contribution in [-0.4, -0.2) is 33.9 Å². The number of nitrogens with one attached hydrogen (secondary N) is 2. The van der Waals surface area contributed by atoms with E-state index >= 15 is 0 Å². The molecule has 2 aromatic heterocycles. The van der Waals surface area contributed by atoms with Crippen LogP contribution in [0.5, 0.6) is 0 Å². The Balaban J connectivity index is 1.63. The molecule has 1 fully saturated rings. The first-order valence-electron chi connectivity index (χ1n) is 8.47. The van der Waals surface area contributed by atoms with Gasteiger partial charge >= 0.3 is 0 Å². The molecule has 0 spiro atoms. The molecule has 1 aliphatic carbocycles. The SMILES string of the molecule is CC(NC(=O)c1ccccn1)C1(C(C)NC(=O)c2ccccn2)CC1. The molecule has 0 radical (unpaired) electrons. The van der Waals surface area contributed by atoms with Crippen molar-refractivity contribution in [3.8, 4) is 0 Å². The number of aromatic nitrogens is 2. The summed E-state index contributed by atoms with van der Waals surface area (Å²) in [4.78, 5) is 32.8. The van der Waals surface area contributed by atoms with Gasteiger partial charge in [-0.1, -0.05) is 12.1 Å². The molecule has 2 heterocycles. The highest BCUT2D eigenvalue weighted by atomic mass is 16.2. The highest BCUT2D eigenvalue weighted by molar-refractivity contribution is 5.93. The normalized spacial score (nSPS) is 17.2. The van der Waals surface area contributed by atoms with E-state index in [1.165, 1.54) is 0 Å². The molecule has 1 saturated carbocycles. The first kappa shape index (κ1) is 17.1. The Morgan fingerprint density at radius 1 is 0.880 bits per heavy atom. The molecule has 1 aliphatic rings. The van der Waals surface area contributed by atoms with Crippen LogP contribution >= 0.6 is 0 Å². The van der Waals surface area contributed by atoms with Gasteiger partial charge in [-0.25, -0.2) is 0 Å². The summed E-state index contributed by atoms with van der Waals surface area (Å²) >= 11 is 0. The van der Waals surface area contributed by atoms with Gasteiger partial charge in [0.1, 0.15) is 11.4 Å². The zero-order chi connectivity index (χ0) is 17.9. The van der Waals surface area contributed by atoms with E-state index in [9.17, 15) is 9.59 Å². The maximum atomic E-state index is 12.3. The van der Waals surface area contributed by atoms with Crippen molar-refractivity contribution in [1.29, 1.82) is 0 Å². The molecular weight excluding hydrogens is 316 g/mol. The number of amides is 2. The third-order valence-electron chi connectivity index (χ3n) is 5.04. The highest BCUT2D eigenvalue weighted by Gasteiger charge is 2.52. The topological polar surface area (TPSA) is 84.0 Å². The zero-order valence-corrected chi connectivity index (χ0v) is 14.4. The molecule has 6 nitrogen and oxygen atoms in total. The Hall–Kier alpha value is -2.76. The van der Waals surface area contributed by atoms with Crippen LogP contribution in [0.4, 0.5) is 0 Å². The largest absolute Gasteiger partial charge is 0.348 e. The van der Waals surface area contributed by atoms with Crippen molar-refractivity contribution < 1.29 is 9.59 Å². The summed E-state index contributed by atoms with van der Waals surface area (Å²) < 4.78 is 0. The molecule has 0 aromatic carbocycles. The number of carbonyl (C=O) groups excluding carboxylic acids is 2. The Morgan fingerprint density at radius 3 is 1.64 bits per heavy atom. The summed E-state index contributed by atoms with van der Waals surface area (Å²) in [6.07, 6.45) is 5.12. The van der Waals surface area contributed by atoms with E-state index in [-0.39, 0.29) is 29.3 Å². The highest BCUT2D eigenvalue weighted by Crippen LogP contribution is 2.51. The van der Waals surface area contributed by atoms with Gasteiger partial charge in [0.25, 0.3) is 11.8 Å². The summed E-state index contributed by atoms with van der Waals surface area (Å²) in [5.41, 5.74) is 0.667. The lowest BCUT2D eigenvalue weighted by molar-refractivity contribution is 0.0881. The van der Waals surface area contributed by atoms with Crippen molar-refractivity contribution in [2.75, 3.05) is 0 Å². The van der Waals surface area contributed by atoms with Crippen molar-refractivity contribution in [2.24, 2.45) is 5.41 Å². The molecule has 6 heteroatoms. The number of rotatable bonds is 6. The van der Waals surface area contributed by atoms with Gasteiger partial charge in [-0.2, -0.15) is 0 Å². The predicted octanol–water partition coefficient (Wildman–Crippen LogP) is 2.19. The van der Waals surface area contributed by atoms with E-state index in [1.54, 1.807) is 48.8 Å². The van der Waals surface area contributed by atoms with Crippen molar-refractivity contribution >= 4 is 11.8 Å². The van der Waals surface area contributed by atoms with Crippen molar-refractivity contribution in [2.45, 2.75) is 38.8 Å². The Morgan fingerprint density at radius 2 is 1.32 bits per heavy atom. The fraction of sp³-hybridized carbons (Fsp3) is 0.368. The van der Waals surface area contributed by atoms with Crippen LogP contribution in [0, 0.1) is 5.41 Å². The van der Waals surface area contributed by atoms with Crippen LogP contribution in [0.3, 0.4) is 0 Å². The molecule has 2 N–H and O–H groups in total. The maximum Gasteiger partial charge on any atom is 0.270 e. The average molecular weight is 338 g/mol. The number of carbonyl (C=O) groups is 2. The third kappa shape index (κ3) is 3.68. The molecule has 2 aromatic rings. The van der Waals surface area contributed by atoms with Gasteiger partial charge in [0.2, 0.25) is 0 Å². The molecule has 2 amide bonds. The summed E-state index contributed by atoms with van der Waals surface area (Å²) in [5, 5.41) is 6.05. The third-order valence-corrected chi connectivity index (χ3v) is 5.04. The summed E-state index contributed by atoms with van der Waals surface area (Å²) in [7, 11) is 0. The van der Waals surface area contributed by atoms with Gasteiger partial charge < -0.3 is 10.6 Å². The van der Waals surface area contributed by atoms with Crippen LogP contribution in [0.25, 0.3) is 0 Å². The number of hydrogen-bond acceptors (Lipinski definition) is 4. The minimum Gasteiger partial charge on any atom is -0.348 e. The standard InChI is InChI=1S/C19H22N4O2/c1-13(22-17(24)15-7-3-5-11-20-15)19(9-10-19)14(2)23-18(25)16-8-4-6-12-21-16/h3-8,11-14H,9-10H2,1-2H3,(H,22,24)(H,23,25). The van der Waals surface area contributed by atoms with Gasteiger partial charge in [-0.15, -0.1) is 0 Å². The maximum absolute atomic E-state index is 12.3. The molecule has 130 valence electrons. The van der Waals surface area contributed by atoms with Gasteiger partial charge in [0.05, 0.1) is 0 Å². The monoisotopic (exact) mass is 338 g/mol. The van der Waals surface area contributed by atoms with Crippen LogP contribution in [0.15, 0.2) is 48.8 Å². The zero-order valence-electron chi connectivity index (χ0n) is 14.4. The predicted molar refractivity (Wildman–Crippen MR) is 94.0 cm³/mol. The number of nitrogens with zero attached hydrogens (tertiary/aromatic N) is 2. The second-order valence-corrected chi connectivity index (χ2v) is 6.55. The molecule has 3 rings (SSSR count). The van der Waals surface area contributed by atoms with E-state index in [2.05, 4.69) is 20.6 Å². The lowest BCUT2D eigenvalue weighted by Crippen LogP contribution is -2.49. The summed E-state index contributed by atoms with van der Waals surface area (Å²) in [6, 6.07) is 10.4. The lowest BCUT2D eigenvalue weighted by Gasteiger charge is -2.30. The molecule has 0 saturated heterocycles. The number of hydrogen-bond donors (Lipinski definition) is 2. The second kappa shape index (κ2) is 7.01. The molecule has 2 atom stereocenters. The fourth-order valence-corrected chi connectivity index (χ4v) is 3.21. The van der Waals surface area contributed by atoms with Crippen LogP contribution in [0.2, 0.25) is 0 Å². The lowest BCUT2D eigenvalue weighted by atomic mass is 9.89. The van der Waals surface area contributed by atoms with Crippen LogP contribution < -0.4 is 10.6 Å². The molecule has 25 heavy (non-hydrogen) atoms. The van der Waals surface area contributed by atoms with E-state index in [4.69, 9.17) is 0 Å². The van der Waals surface area contributed by atoms with Gasteiger partial charge in [-0.05, 0) is 51.0 Å². The molecule has 0 bridgehead atoms. The quantitative estimate of drug-likeness (QED) is 0.846. The van der Waals surface area contributed by atoms with Gasteiger partial charge in [0, 0.05) is 29.9 Å². The van der Waals surface area contributed by atoms with Gasteiger partial charge in [0.15, 0.2) is 0 Å². The second-order valence-electron chi connectivity index (χ2n) is 6.55. The first-order valence-corrected chi connectivity index (χ1v) is 8.47. The van der Waals surface area contributed by atoms with Crippen molar-refractivity contribution in [3.05, 3.63) is 60.2 Å². The molecule has 0 aliphatic heterocycles. The smallest absolute Gasteiger partial charge is 0.270 e. The van der Waals surface area contributed by atoms with Crippen molar-refractivity contribution in [3.63, 3.8) is 0 Å². The molecular formula is C19H22N4O2. The summed E-state index contributed by atoms with van der Waals surface area (Å²) in [6.45, 7) is 3.97. The Kier molecular flexibility index (Phi) is 4.79. The van der Waals surface area contributed by atoms with E-state index in [1.807, 2.05) is 13.8 Å². The van der Waals surface area contributed by atoms with Crippen LogP contribution in [-0.2, 0) is 0 Å². The number of pyridine rings is 2. The van der Waals surface area contributed by atoms with E-state index in [0.717, 1.165) is 12.8 Å². The van der Waals surface area contributed by atoms with Gasteiger partial charge in [-0.3, -0.25) is 19.6 Å². The molecule has 2 unspecified atom stereocenters. The average Bonchev–Trinajstić information content (AvgIpc) is 3.45. The van der Waals surface area contributed by atoms with Crippen molar-refractivity contribution in [1.82, 2.24) is 20.6 Å².